The zero-order chi connectivity index (χ0) is 13.8. The lowest BCUT2D eigenvalue weighted by Gasteiger charge is -2.23. The van der Waals surface area contributed by atoms with E-state index in [-0.39, 0.29) is 0 Å². The summed E-state index contributed by atoms with van der Waals surface area (Å²) < 4.78 is 4.29. The molecule has 0 atom stereocenters. The van der Waals surface area contributed by atoms with Crippen LogP contribution in [0.15, 0.2) is 24.9 Å². The number of hydrogen-bond acceptors (Lipinski definition) is 3. The molecule has 0 saturated carbocycles. The van der Waals surface area contributed by atoms with Crippen LogP contribution >= 0.6 is 0 Å². The molecule has 5 nitrogen and oxygen atoms in total. The SMILES string of the molecule is CCCn1cc(-c2cncn2CC2CCNCC2)cn1. The Morgan fingerprint density at radius 3 is 2.95 bits per heavy atom. The van der Waals surface area contributed by atoms with Crippen LogP contribution in [0, 0.1) is 5.92 Å². The number of rotatable bonds is 5. The first-order valence-electron chi connectivity index (χ1n) is 7.60. The van der Waals surface area contributed by atoms with Crippen LogP contribution in [0.3, 0.4) is 0 Å². The van der Waals surface area contributed by atoms with Crippen molar-refractivity contribution < 1.29 is 0 Å². The first-order valence-corrected chi connectivity index (χ1v) is 7.60. The van der Waals surface area contributed by atoms with Crippen LogP contribution in [0.1, 0.15) is 26.2 Å². The fraction of sp³-hybridized carbons (Fsp3) is 0.600. The van der Waals surface area contributed by atoms with Crippen LogP contribution in [-0.2, 0) is 13.1 Å². The van der Waals surface area contributed by atoms with E-state index in [1.165, 1.54) is 24.1 Å². The van der Waals surface area contributed by atoms with Crippen molar-refractivity contribution in [3.63, 3.8) is 0 Å². The van der Waals surface area contributed by atoms with E-state index in [1.807, 2.05) is 23.4 Å². The van der Waals surface area contributed by atoms with E-state index in [2.05, 4.69) is 33.1 Å². The van der Waals surface area contributed by atoms with Gasteiger partial charge in [0.15, 0.2) is 0 Å². The number of nitrogens with one attached hydrogen (secondary N) is 1. The molecule has 0 radical (unpaired) electrons. The van der Waals surface area contributed by atoms with Gasteiger partial charge >= 0.3 is 0 Å². The van der Waals surface area contributed by atoms with Crippen molar-refractivity contribution in [1.29, 1.82) is 0 Å². The molecule has 3 heterocycles. The van der Waals surface area contributed by atoms with Crippen molar-refractivity contribution in [3.8, 4) is 11.3 Å². The molecular weight excluding hydrogens is 250 g/mol. The Morgan fingerprint density at radius 2 is 2.15 bits per heavy atom. The number of aryl methyl sites for hydroxylation is 1. The lowest BCUT2D eigenvalue weighted by Crippen LogP contribution is -2.29. The predicted octanol–water partition coefficient (Wildman–Crippen LogP) is 2.16. The first-order chi connectivity index (χ1) is 9.86. The van der Waals surface area contributed by atoms with E-state index in [0.29, 0.717) is 0 Å². The van der Waals surface area contributed by atoms with Crippen LogP contribution in [0.25, 0.3) is 11.3 Å². The maximum atomic E-state index is 4.42. The minimum atomic E-state index is 0.759. The zero-order valence-corrected chi connectivity index (χ0v) is 12.1. The van der Waals surface area contributed by atoms with Crippen molar-refractivity contribution in [3.05, 3.63) is 24.9 Å². The molecule has 1 aliphatic rings. The standard InChI is InChI=1S/C15H23N5/c1-2-7-20-11-14(8-18-20)15-9-17-12-19(15)10-13-3-5-16-6-4-13/h8-9,11-13,16H,2-7,10H2,1H3. The molecule has 2 aromatic rings. The van der Waals surface area contributed by atoms with Gasteiger partial charge in [-0.25, -0.2) is 4.98 Å². The third-order valence-electron chi connectivity index (χ3n) is 4.01. The van der Waals surface area contributed by atoms with Gasteiger partial charge < -0.3 is 9.88 Å². The van der Waals surface area contributed by atoms with Gasteiger partial charge in [-0.15, -0.1) is 0 Å². The predicted molar refractivity (Wildman–Crippen MR) is 79.3 cm³/mol. The molecule has 0 unspecified atom stereocenters. The lowest BCUT2D eigenvalue weighted by molar-refractivity contribution is 0.334. The summed E-state index contributed by atoms with van der Waals surface area (Å²) in [5.41, 5.74) is 2.36. The largest absolute Gasteiger partial charge is 0.330 e. The molecule has 0 aliphatic carbocycles. The number of nitrogens with zero attached hydrogens (tertiary/aromatic N) is 4. The summed E-state index contributed by atoms with van der Waals surface area (Å²) in [5.74, 6) is 0.759. The highest BCUT2D eigenvalue weighted by Gasteiger charge is 2.16. The fourth-order valence-electron chi connectivity index (χ4n) is 2.90. The normalized spacial score (nSPS) is 16.6. The third kappa shape index (κ3) is 2.93. The van der Waals surface area contributed by atoms with Crippen molar-refractivity contribution in [2.24, 2.45) is 5.92 Å². The average Bonchev–Trinajstić information content (AvgIpc) is 3.09. The van der Waals surface area contributed by atoms with E-state index >= 15 is 0 Å². The Labute approximate surface area is 120 Å². The smallest absolute Gasteiger partial charge is 0.0951 e. The summed E-state index contributed by atoms with van der Waals surface area (Å²) in [6, 6.07) is 0. The van der Waals surface area contributed by atoms with Gasteiger partial charge in [-0.1, -0.05) is 6.92 Å². The van der Waals surface area contributed by atoms with Gasteiger partial charge in [-0.05, 0) is 38.3 Å². The minimum Gasteiger partial charge on any atom is -0.330 e. The monoisotopic (exact) mass is 273 g/mol. The second-order valence-corrected chi connectivity index (χ2v) is 5.62. The maximum absolute atomic E-state index is 4.42. The Kier molecular flexibility index (Phi) is 4.16. The summed E-state index contributed by atoms with van der Waals surface area (Å²) in [7, 11) is 0. The van der Waals surface area contributed by atoms with E-state index < -0.39 is 0 Å². The fourth-order valence-corrected chi connectivity index (χ4v) is 2.90. The average molecular weight is 273 g/mol. The van der Waals surface area contributed by atoms with Crippen molar-refractivity contribution in [2.45, 2.75) is 39.3 Å². The zero-order valence-electron chi connectivity index (χ0n) is 12.1. The first kappa shape index (κ1) is 13.4. The van der Waals surface area contributed by atoms with E-state index in [4.69, 9.17) is 0 Å². The second kappa shape index (κ2) is 6.22. The third-order valence-corrected chi connectivity index (χ3v) is 4.01. The molecule has 5 heteroatoms. The lowest BCUT2D eigenvalue weighted by atomic mass is 9.98. The maximum Gasteiger partial charge on any atom is 0.0951 e. The molecule has 1 fully saturated rings. The molecule has 1 aliphatic heterocycles. The van der Waals surface area contributed by atoms with Crippen LogP contribution in [0.2, 0.25) is 0 Å². The van der Waals surface area contributed by atoms with Crippen LogP contribution < -0.4 is 5.32 Å². The van der Waals surface area contributed by atoms with E-state index in [0.717, 1.165) is 38.5 Å². The Hall–Kier alpha value is -1.62. The topological polar surface area (TPSA) is 47.7 Å². The number of piperidine rings is 1. The number of aromatic nitrogens is 4. The molecule has 1 N–H and O–H groups in total. The number of hydrogen-bond donors (Lipinski definition) is 1. The Morgan fingerprint density at radius 1 is 1.30 bits per heavy atom. The van der Waals surface area contributed by atoms with Gasteiger partial charge in [0.25, 0.3) is 0 Å². The molecule has 3 rings (SSSR count). The molecule has 108 valence electrons. The van der Waals surface area contributed by atoms with Crippen molar-refractivity contribution in [2.75, 3.05) is 13.1 Å². The van der Waals surface area contributed by atoms with Crippen LogP contribution in [0.5, 0.6) is 0 Å². The Balaban J connectivity index is 1.74. The summed E-state index contributed by atoms with van der Waals surface area (Å²) in [6.45, 7) is 6.49. The summed E-state index contributed by atoms with van der Waals surface area (Å²) in [6.07, 6.45) is 11.6. The van der Waals surface area contributed by atoms with Gasteiger partial charge in [0.2, 0.25) is 0 Å². The number of imidazole rings is 1. The summed E-state index contributed by atoms with van der Waals surface area (Å²) in [4.78, 5) is 4.33. The molecule has 20 heavy (non-hydrogen) atoms. The minimum absolute atomic E-state index is 0.759. The second-order valence-electron chi connectivity index (χ2n) is 5.62. The highest BCUT2D eigenvalue weighted by atomic mass is 15.3. The van der Waals surface area contributed by atoms with Crippen LogP contribution in [0.4, 0.5) is 0 Å². The van der Waals surface area contributed by atoms with Gasteiger partial charge in [0.1, 0.15) is 0 Å². The molecular formula is C15H23N5. The van der Waals surface area contributed by atoms with Gasteiger partial charge in [0.05, 0.1) is 24.4 Å². The van der Waals surface area contributed by atoms with E-state index in [1.54, 1.807) is 0 Å². The molecule has 2 aromatic heterocycles. The summed E-state index contributed by atoms with van der Waals surface area (Å²) in [5, 5.41) is 7.84. The van der Waals surface area contributed by atoms with Gasteiger partial charge in [-0.2, -0.15) is 5.10 Å². The molecule has 0 aromatic carbocycles. The van der Waals surface area contributed by atoms with Gasteiger partial charge in [-0.3, -0.25) is 4.68 Å². The van der Waals surface area contributed by atoms with Crippen molar-refractivity contribution >= 4 is 0 Å². The van der Waals surface area contributed by atoms with Crippen molar-refractivity contribution in [1.82, 2.24) is 24.6 Å². The quantitative estimate of drug-likeness (QED) is 0.908. The van der Waals surface area contributed by atoms with Crippen LogP contribution in [-0.4, -0.2) is 32.4 Å². The molecule has 0 spiro atoms. The van der Waals surface area contributed by atoms with E-state index in [9.17, 15) is 0 Å². The molecule has 0 bridgehead atoms. The Bertz CT molecular complexity index is 536. The highest BCUT2D eigenvalue weighted by Crippen LogP contribution is 2.22. The highest BCUT2D eigenvalue weighted by molar-refractivity contribution is 5.56. The molecule has 1 saturated heterocycles. The molecule has 0 amide bonds. The summed E-state index contributed by atoms with van der Waals surface area (Å²) >= 11 is 0. The van der Waals surface area contributed by atoms with Gasteiger partial charge in [0, 0.05) is 24.8 Å².